The molecule has 2 aromatic rings. The number of aromatic hydroxyl groups is 1. The summed E-state index contributed by atoms with van der Waals surface area (Å²) < 4.78 is 0. The molecule has 0 bridgehead atoms. The van der Waals surface area contributed by atoms with Gasteiger partial charge in [-0.15, -0.1) is 0 Å². The van der Waals surface area contributed by atoms with Crippen LogP contribution in [-0.4, -0.2) is 11.0 Å². The molecule has 0 aromatic heterocycles. The van der Waals surface area contributed by atoms with Gasteiger partial charge in [0, 0.05) is 16.3 Å². The highest BCUT2D eigenvalue weighted by atomic mass is 35.5. The van der Waals surface area contributed by atoms with Crippen LogP contribution in [0.5, 0.6) is 5.75 Å². The van der Waals surface area contributed by atoms with Gasteiger partial charge >= 0.3 is 0 Å². The molecule has 2 rings (SSSR count). The average Bonchev–Trinajstić information content (AvgIpc) is 2.37. The van der Waals surface area contributed by atoms with Crippen LogP contribution >= 0.6 is 23.2 Å². The molecule has 0 unspecified atom stereocenters. The van der Waals surface area contributed by atoms with Crippen molar-refractivity contribution in [3.05, 3.63) is 57.6 Å². The van der Waals surface area contributed by atoms with E-state index in [1.54, 1.807) is 12.1 Å². The number of halogens is 2. The zero-order valence-corrected chi connectivity index (χ0v) is 11.6. The minimum absolute atomic E-state index is 0.0582. The molecule has 0 saturated heterocycles. The summed E-state index contributed by atoms with van der Waals surface area (Å²) in [5.41, 5.74) is 1.91. The lowest BCUT2D eigenvalue weighted by Gasteiger charge is -2.09. The van der Waals surface area contributed by atoms with Crippen molar-refractivity contribution in [2.24, 2.45) is 0 Å². The lowest BCUT2D eigenvalue weighted by Crippen LogP contribution is -2.12. The van der Waals surface area contributed by atoms with Crippen LogP contribution in [0.4, 0.5) is 5.69 Å². The molecule has 0 aliphatic rings. The van der Waals surface area contributed by atoms with Crippen molar-refractivity contribution in [3.63, 3.8) is 0 Å². The highest BCUT2D eigenvalue weighted by Gasteiger charge is 2.10. The Kier molecular flexibility index (Phi) is 3.98. The van der Waals surface area contributed by atoms with Crippen LogP contribution in [0.2, 0.25) is 10.0 Å². The fourth-order valence-electron chi connectivity index (χ4n) is 1.57. The SMILES string of the molecule is Cc1ccc(Cl)cc1NC(=O)c1ccc(O)c(Cl)c1. The number of carbonyl (C=O) groups is 1. The molecule has 0 heterocycles. The number of hydrogen-bond acceptors (Lipinski definition) is 2. The van der Waals surface area contributed by atoms with Gasteiger partial charge in [0.25, 0.3) is 5.91 Å². The average molecular weight is 296 g/mol. The second-order valence-electron chi connectivity index (χ2n) is 4.08. The van der Waals surface area contributed by atoms with E-state index in [2.05, 4.69) is 5.32 Å². The topological polar surface area (TPSA) is 49.3 Å². The highest BCUT2D eigenvalue weighted by Crippen LogP contribution is 2.25. The van der Waals surface area contributed by atoms with Gasteiger partial charge in [-0.25, -0.2) is 0 Å². The maximum Gasteiger partial charge on any atom is 0.255 e. The molecule has 0 spiro atoms. The highest BCUT2D eigenvalue weighted by molar-refractivity contribution is 6.32. The number of benzene rings is 2. The fraction of sp³-hybridized carbons (Fsp3) is 0.0714. The third kappa shape index (κ3) is 3.19. The maximum absolute atomic E-state index is 12.0. The second-order valence-corrected chi connectivity index (χ2v) is 4.92. The van der Waals surface area contributed by atoms with E-state index in [1.165, 1.54) is 18.2 Å². The summed E-state index contributed by atoms with van der Waals surface area (Å²) in [6, 6.07) is 9.53. The van der Waals surface area contributed by atoms with Crippen LogP contribution in [0.15, 0.2) is 36.4 Å². The first-order valence-corrected chi connectivity index (χ1v) is 6.29. The summed E-state index contributed by atoms with van der Waals surface area (Å²) >= 11 is 11.7. The number of rotatable bonds is 2. The van der Waals surface area contributed by atoms with Crippen LogP contribution in [0.3, 0.4) is 0 Å². The molecule has 0 aliphatic carbocycles. The Labute approximate surface area is 120 Å². The maximum atomic E-state index is 12.0. The van der Waals surface area contributed by atoms with Crippen LogP contribution in [0, 0.1) is 6.92 Å². The molecule has 0 saturated carbocycles. The summed E-state index contributed by atoms with van der Waals surface area (Å²) in [5.74, 6) is -0.371. The van der Waals surface area contributed by atoms with Gasteiger partial charge in [0.05, 0.1) is 5.02 Å². The van der Waals surface area contributed by atoms with E-state index in [4.69, 9.17) is 23.2 Å². The number of amides is 1. The van der Waals surface area contributed by atoms with Gasteiger partial charge in [-0.05, 0) is 42.8 Å². The second kappa shape index (κ2) is 5.51. The molecule has 98 valence electrons. The number of hydrogen-bond donors (Lipinski definition) is 2. The molecule has 19 heavy (non-hydrogen) atoms. The Bertz CT molecular complexity index is 641. The first kappa shape index (κ1) is 13.7. The molecular weight excluding hydrogens is 285 g/mol. The molecule has 2 N–H and O–H groups in total. The van der Waals surface area contributed by atoms with Gasteiger partial charge in [0.2, 0.25) is 0 Å². The van der Waals surface area contributed by atoms with Crippen molar-refractivity contribution in [2.75, 3.05) is 5.32 Å². The van der Waals surface area contributed by atoms with E-state index in [9.17, 15) is 9.90 Å². The van der Waals surface area contributed by atoms with Crippen molar-refractivity contribution < 1.29 is 9.90 Å². The largest absolute Gasteiger partial charge is 0.506 e. The quantitative estimate of drug-likeness (QED) is 0.870. The summed E-state index contributed by atoms with van der Waals surface area (Å²) in [6.07, 6.45) is 0. The molecule has 3 nitrogen and oxygen atoms in total. The minimum Gasteiger partial charge on any atom is -0.506 e. The van der Waals surface area contributed by atoms with Crippen LogP contribution in [-0.2, 0) is 0 Å². The predicted molar refractivity (Wildman–Crippen MR) is 77.3 cm³/mol. The number of phenolic OH excluding ortho intramolecular Hbond substituents is 1. The third-order valence-corrected chi connectivity index (χ3v) is 3.20. The molecule has 0 fully saturated rings. The Morgan fingerprint density at radius 3 is 2.58 bits per heavy atom. The number of phenols is 1. The van der Waals surface area contributed by atoms with E-state index in [0.29, 0.717) is 16.3 Å². The van der Waals surface area contributed by atoms with Crippen molar-refractivity contribution in [1.29, 1.82) is 0 Å². The van der Waals surface area contributed by atoms with Crippen molar-refractivity contribution in [1.82, 2.24) is 0 Å². The summed E-state index contributed by atoms with van der Waals surface area (Å²) in [5, 5.41) is 12.7. The van der Waals surface area contributed by atoms with E-state index in [0.717, 1.165) is 5.56 Å². The number of anilines is 1. The molecule has 0 radical (unpaired) electrons. The van der Waals surface area contributed by atoms with Gasteiger partial charge in [0.15, 0.2) is 0 Å². The number of aryl methyl sites for hydroxylation is 1. The van der Waals surface area contributed by atoms with E-state index < -0.39 is 0 Å². The lowest BCUT2D eigenvalue weighted by atomic mass is 10.1. The number of carbonyl (C=O) groups excluding carboxylic acids is 1. The smallest absolute Gasteiger partial charge is 0.255 e. The Hall–Kier alpha value is -1.71. The zero-order chi connectivity index (χ0) is 14.0. The van der Waals surface area contributed by atoms with Crippen LogP contribution < -0.4 is 5.32 Å². The zero-order valence-electron chi connectivity index (χ0n) is 10.1. The van der Waals surface area contributed by atoms with Crippen molar-refractivity contribution >= 4 is 34.8 Å². The first-order valence-electron chi connectivity index (χ1n) is 5.53. The van der Waals surface area contributed by atoms with Gasteiger partial charge in [-0.2, -0.15) is 0 Å². The van der Waals surface area contributed by atoms with Gasteiger partial charge in [0.1, 0.15) is 5.75 Å². The molecule has 0 aliphatic heterocycles. The number of nitrogens with one attached hydrogen (secondary N) is 1. The van der Waals surface area contributed by atoms with Gasteiger partial charge in [-0.3, -0.25) is 4.79 Å². The molecule has 1 amide bonds. The molecule has 2 aromatic carbocycles. The fourth-order valence-corrected chi connectivity index (χ4v) is 1.92. The van der Waals surface area contributed by atoms with Gasteiger partial charge < -0.3 is 10.4 Å². The standard InChI is InChI=1S/C14H11Cl2NO2/c1-8-2-4-10(15)7-12(8)17-14(19)9-3-5-13(18)11(16)6-9/h2-7,18H,1H3,(H,17,19). The summed E-state index contributed by atoms with van der Waals surface area (Å²) in [7, 11) is 0. The van der Waals surface area contributed by atoms with Crippen LogP contribution in [0.25, 0.3) is 0 Å². The van der Waals surface area contributed by atoms with E-state index in [1.807, 2.05) is 13.0 Å². The first-order chi connectivity index (χ1) is 8.97. The monoisotopic (exact) mass is 295 g/mol. The Balaban J connectivity index is 2.25. The van der Waals surface area contributed by atoms with Crippen molar-refractivity contribution in [3.8, 4) is 5.75 Å². The molecular formula is C14H11Cl2NO2. The summed E-state index contributed by atoms with van der Waals surface area (Å²) in [4.78, 5) is 12.0. The summed E-state index contributed by atoms with van der Waals surface area (Å²) in [6.45, 7) is 1.87. The lowest BCUT2D eigenvalue weighted by molar-refractivity contribution is 0.102. The van der Waals surface area contributed by atoms with E-state index in [-0.39, 0.29) is 16.7 Å². The normalized spacial score (nSPS) is 10.3. The molecule has 0 atom stereocenters. The Morgan fingerprint density at radius 1 is 1.16 bits per heavy atom. The van der Waals surface area contributed by atoms with Crippen LogP contribution in [0.1, 0.15) is 15.9 Å². The Morgan fingerprint density at radius 2 is 1.89 bits per heavy atom. The predicted octanol–water partition coefficient (Wildman–Crippen LogP) is 4.26. The third-order valence-electron chi connectivity index (χ3n) is 2.66. The molecule has 5 heteroatoms. The van der Waals surface area contributed by atoms with Gasteiger partial charge in [-0.1, -0.05) is 29.3 Å². The van der Waals surface area contributed by atoms with Crippen molar-refractivity contribution in [2.45, 2.75) is 6.92 Å². The van der Waals surface area contributed by atoms with E-state index >= 15 is 0 Å². The minimum atomic E-state index is -0.313.